The predicted molar refractivity (Wildman–Crippen MR) is 94.1 cm³/mol. The summed E-state index contributed by atoms with van der Waals surface area (Å²) in [7, 11) is 0. The van der Waals surface area contributed by atoms with Gasteiger partial charge in [-0.25, -0.2) is 4.79 Å². The average molecular weight is 432 g/mol. The van der Waals surface area contributed by atoms with Crippen molar-refractivity contribution in [3.8, 4) is 6.07 Å². The van der Waals surface area contributed by atoms with Gasteiger partial charge in [-0.15, -0.1) is 0 Å². The maximum atomic E-state index is 12.4. The van der Waals surface area contributed by atoms with Crippen LogP contribution in [0.5, 0.6) is 0 Å². The Hall–Kier alpha value is -1.68. The van der Waals surface area contributed by atoms with E-state index in [-0.39, 0.29) is 29.4 Å². The highest BCUT2D eigenvalue weighted by atomic mass is 79.9. The number of ether oxygens (including phenoxy) is 2. The van der Waals surface area contributed by atoms with Gasteiger partial charge in [0.1, 0.15) is 17.4 Å². The molecule has 8 heteroatoms. The summed E-state index contributed by atoms with van der Waals surface area (Å²) < 4.78 is 11.0. The average Bonchev–Trinajstić information content (AvgIpc) is 2.50. The van der Waals surface area contributed by atoms with Crippen molar-refractivity contribution in [3.63, 3.8) is 0 Å². The fraction of sp³-hybridized carbons (Fsp3) is 0.250. The minimum absolute atomic E-state index is 0.0731. The van der Waals surface area contributed by atoms with E-state index in [4.69, 9.17) is 38.4 Å². The molecule has 2 rings (SSSR count). The number of rotatable bonds is 3. The SMILES string of the molecule is CCOC(=O)C1=C(C)OC(N)=C(C#N)C1c1cc(Cl)c(Br)cc1Cl. The number of esters is 1. The number of benzene rings is 1. The number of halogens is 3. The molecule has 1 atom stereocenters. The lowest BCUT2D eigenvalue weighted by atomic mass is 9.83. The first-order valence-electron chi connectivity index (χ1n) is 6.91. The summed E-state index contributed by atoms with van der Waals surface area (Å²) in [5.41, 5.74) is 6.54. The van der Waals surface area contributed by atoms with E-state index < -0.39 is 11.9 Å². The van der Waals surface area contributed by atoms with Gasteiger partial charge in [-0.1, -0.05) is 23.2 Å². The van der Waals surface area contributed by atoms with Crippen LogP contribution < -0.4 is 5.73 Å². The molecule has 0 fully saturated rings. The Labute approximate surface area is 157 Å². The minimum atomic E-state index is -0.819. The van der Waals surface area contributed by atoms with Gasteiger partial charge in [0.25, 0.3) is 0 Å². The van der Waals surface area contributed by atoms with E-state index in [9.17, 15) is 10.1 Å². The zero-order valence-corrected chi connectivity index (χ0v) is 15.9. The fourth-order valence-corrected chi connectivity index (χ4v) is 3.35. The largest absolute Gasteiger partial charge is 0.463 e. The molecule has 0 amide bonds. The standard InChI is InChI=1S/C16H13BrCl2N2O3/c1-3-23-16(22)13-7(2)24-15(21)9(6-20)14(13)8-4-12(19)10(17)5-11(8)18/h4-5,14H,3,21H2,1-2H3. The van der Waals surface area contributed by atoms with E-state index in [2.05, 4.69) is 15.9 Å². The van der Waals surface area contributed by atoms with E-state index in [0.717, 1.165) is 0 Å². The summed E-state index contributed by atoms with van der Waals surface area (Å²) in [5, 5.41) is 10.2. The van der Waals surface area contributed by atoms with Crippen LogP contribution in [-0.4, -0.2) is 12.6 Å². The van der Waals surface area contributed by atoms with Gasteiger partial charge in [0.2, 0.25) is 5.88 Å². The number of nitrogens with two attached hydrogens (primary N) is 1. The number of carbonyl (C=O) groups is 1. The van der Waals surface area contributed by atoms with E-state index in [1.807, 2.05) is 6.07 Å². The number of hydrogen-bond acceptors (Lipinski definition) is 5. The Morgan fingerprint density at radius 3 is 2.71 bits per heavy atom. The lowest BCUT2D eigenvalue weighted by Gasteiger charge is -2.27. The van der Waals surface area contributed by atoms with Crippen molar-refractivity contribution >= 4 is 45.1 Å². The molecular weight excluding hydrogens is 419 g/mol. The first-order valence-corrected chi connectivity index (χ1v) is 8.46. The smallest absolute Gasteiger partial charge is 0.338 e. The third kappa shape index (κ3) is 3.39. The Morgan fingerprint density at radius 1 is 1.46 bits per heavy atom. The third-order valence-corrected chi connectivity index (χ3v) is 4.98. The number of hydrogen-bond donors (Lipinski definition) is 1. The van der Waals surface area contributed by atoms with Crippen LogP contribution in [0.25, 0.3) is 0 Å². The van der Waals surface area contributed by atoms with Crippen molar-refractivity contribution in [1.29, 1.82) is 5.26 Å². The number of nitriles is 1. The van der Waals surface area contributed by atoms with E-state index in [1.54, 1.807) is 26.0 Å². The molecule has 1 aliphatic heterocycles. The van der Waals surface area contributed by atoms with Crippen LogP contribution >= 0.6 is 39.1 Å². The van der Waals surface area contributed by atoms with Crippen molar-refractivity contribution in [2.24, 2.45) is 5.73 Å². The van der Waals surface area contributed by atoms with Gasteiger partial charge in [0.15, 0.2) is 0 Å². The summed E-state index contributed by atoms with van der Waals surface area (Å²) >= 11 is 15.8. The van der Waals surface area contributed by atoms with Gasteiger partial charge in [-0.2, -0.15) is 5.26 Å². The molecule has 1 aromatic carbocycles. The topological polar surface area (TPSA) is 85.3 Å². The van der Waals surface area contributed by atoms with Gasteiger partial charge >= 0.3 is 5.97 Å². The van der Waals surface area contributed by atoms with Crippen LogP contribution in [0.15, 0.2) is 39.4 Å². The van der Waals surface area contributed by atoms with Crippen molar-refractivity contribution in [3.05, 3.63) is 55.0 Å². The third-order valence-electron chi connectivity index (χ3n) is 3.45. The van der Waals surface area contributed by atoms with Crippen molar-refractivity contribution < 1.29 is 14.3 Å². The normalized spacial score (nSPS) is 17.4. The van der Waals surface area contributed by atoms with Gasteiger partial charge in [0, 0.05) is 9.50 Å². The number of allylic oxidation sites excluding steroid dienone is 2. The van der Waals surface area contributed by atoms with Crippen LogP contribution in [0.2, 0.25) is 10.0 Å². The second-order valence-electron chi connectivity index (χ2n) is 4.90. The summed E-state index contributed by atoms with van der Waals surface area (Å²) in [6.45, 7) is 3.44. The molecule has 0 saturated carbocycles. The van der Waals surface area contributed by atoms with Gasteiger partial charge in [-0.05, 0) is 47.5 Å². The van der Waals surface area contributed by atoms with Crippen LogP contribution in [0.4, 0.5) is 0 Å². The molecular formula is C16H13BrCl2N2O3. The molecule has 1 heterocycles. The maximum absolute atomic E-state index is 12.4. The van der Waals surface area contributed by atoms with Crippen LogP contribution in [-0.2, 0) is 14.3 Å². The van der Waals surface area contributed by atoms with Crippen LogP contribution in [0.1, 0.15) is 25.3 Å². The fourth-order valence-electron chi connectivity index (χ4n) is 2.42. The molecule has 0 aliphatic carbocycles. The summed E-state index contributed by atoms with van der Waals surface area (Å²) in [6, 6.07) is 5.16. The summed E-state index contributed by atoms with van der Waals surface area (Å²) in [4.78, 5) is 12.4. The van der Waals surface area contributed by atoms with Gasteiger partial charge in [-0.3, -0.25) is 0 Å². The summed E-state index contributed by atoms with van der Waals surface area (Å²) in [5.74, 6) is -1.25. The molecule has 0 spiro atoms. The molecule has 0 saturated heterocycles. The maximum Gasteiger partial charge on any atom is 0.338 e. The molecule has 24 heavy (non-hydrogen) atoms. The van der Waals surface area contributed by atoms with E-state index in [0.29, 0.717) is 20.1 Å². The molecule has 5 nitrogen and oxygen atoms in total. The Kier molecular flexibility index (Phi) is 5.81. The molecule has 0 aromatic heterocycles. The van der Waals surface area contributed by atoms with E-state index in [1.165, 1.54) is 0 Å². The highest BCUT2D eigenvalue weighted by Crippen LogP contribution is 2.44. The van der Waals surface area contributed by atoms with E-state index >= 15 is 0 Å². The summed E-state index contributed by atoms with van der Waals surface area (Å²) in [6.07, 6.45) is 0. The lowest BCUT2D eigenvalue weighted by Crippen LogP contribution is -2.25. The Bertz CT molecular complexity index is 812. The molecule has 1 aromatic rings. The van der Waals surface area contributed by atoms with Gasteiger partial charge < -0.3 is 15.2 Å². The van der Waals surface area contributed by atoms with Gasteiger partial charge in [0.05, 0.1) is 23.1 Å². The van der Waals surface area contributed by atoms with Crippen molar-refractivity contribution in [2.75, 3.05) is 6.61 Å². The molecule has 0 bridgehead atoms. The zero-order chi connectivity index (χ0) is 18.0. The highest BCUT2D eigenvalue weighted by Gasteiger charge is 2.37. The molecule has 2 N–H and O–H groups in total. The van der Waals surface area contributed by atoms with Crippen molar-refractivity contribution in [1.82, 2.24) is 0 Å². The minimum Gasteiger partial charge on any atom is -0.463 e. The Morgan fingerprint density at radius 2 is 2.12 bits per heavy atom. The lowest BCUT2D eigenvalue weighted by molar-refractivity contribution is -0.139. The van der Waals surface area contributed by atoms with Crippen LogP contribution in [0.3, 0.4) is 0 Å². The second-order valence-corrected chi connectivity index (χ2v) is 6.57. The van der Waals surface area contributed by atoms with Crippen molar-refractivity contribution in [2.45, 2.75) is 19.8 Å². The molecule has 0 radical (unpaired) electrons. The number of nitrogens with zero attached hydrogens (tertiary/aromatic N) is 1. The quantitative estimate of drug-likeness (QED) is 0.566. The first kappa shape index (κ1) is 18.7. The molecule has 126 valence electrons. The second kappa shape index (κ2) is 7.47. The highest BCUT2D eigenvalue weighted by molar-refractivity contribution is 9.10. The monoisotopic (exact) mass is 430 g/mol. The molecule has 1 aliphatic rings. The molecule has 1 unspecified atom stereocenters. The zero-order valence-electron chi connectivity index (χ0n) is 12.8. The predicted octanol–water partition coefficient (Wildman–Crippen LogP) is 4.40. The number of carbonyl (C=O) groups excluding carboxylic acids is 1. The Balaban J connectivity index is 2.72. The van der Waals surface area contributed by atoms with Crippen LogP contribution in [0, 0.1) is 11.3 Å². The first-order chi connectivity index (χ1) is 11.3.